The molecule has 4 rings (SSSR count). The van der Waals surface area contributed by atoms with E-state index < -0.39 is 5.91 Å². The van der Waals surface area contributed by atoms with Crippen molar-refractivity contribution in [1.82, 2.24) is 10.4 Å². The monoisotopic (exact) mass is 507 g/mol. The van der Waals surface area contributed by atoms with E-state index in [2.05, 4.69) is 15.5 Å². The number of aromatic nitrogens is 1. The van der Waals surface area contributed by atoms with Gasteiger partial charge in [0.15, 0.2) is 18.1 Å². The maximum Gasteiger partial charge on any atom is 0.277 e. The molecule has 1 N–H and O–H groups in total. The number of pyridine rings is 1. The Hall–Kier alpha value is -4.17. The van der Waals surface area contributed by atoms with Crippen LogP contribution in [0.15, 0.2) is 78.0 Å². The molecule has 0 bridgehead atoms. The van der Waals surface area contributed by atoms with Crippen LogP contribution in [-0.4, -0.2) is 30.3 Å². The largest absolute Gasteiger partial charge is 0.490 e. The Balaban J connectivity index is 1.37. The Morgan fingerprint density at radius 2 is 1.86 bits per heavy atom. The minimum absolute atomic E-state index is 0.190. The summed E-state index contributed by atoms with van der Waals surface area (Å²) in [5.74, 6) is 0.540. The highest BCUT2D eigenvalue weighted by molar-refractivity contribution is 6.32. The molecule has 0 unspecified atom stereocenters. The Kier molecular flexibility index (Phi) is 8.31. The van der Waals surface area contributed by atoms with E-state index in [9.17, 15) is 9.18 Å². The molecule has 0 aliphatic rings. The lowest BCUT2D eigenvalue weighted by molar-refractivity contribution is -0.123. The summed E-state index contributed by atoms with van der Waals surface area (Å²) < 4.78 is 30.2. The van der Waals surface area contributed by atoms with Crippen LogP contribution in [0.25, 0.3) is 10.9 Å². The molecule has 1 aromatic heterocycles. The van der Waals surface area contributed by atoms with Crippen molar-refractivity contribution < 1.29 is 23.4 Å². The Bertz CT molecular complexity index is 1370. The summed E-state index contributed by atoms with van der Waals surface area (Å²) in [5, 5.41) is 5.20. The van der Waals surface area contributed by atoms with E-state index in [-0.39, 0.29) is 19.0 Å². The van der Waals surface area contributed by atoms with E-state index in [0.717, 1.165) is 10.9 Å². The lowest BCUT2D eigenvalue weighted by Crippen LogP contribution is -2.24. The summed E-state index contributed by atoms with van der Waals surface area (Å²) in [7, 11) is 0. The fraction of sp³-hybridized carbons (Fsp3) is 0.148. The second kappa shape index (κ2) is 12.0. The van der Waals surface area contributed by atoms with Gasteiger partial charge in [-0.2, -0.15) is 5.10 Å². The van der Waals surface area contributed by atoms with Gasteiger partial charge < -0.3 is 14.2 Å². The van der Waals surface area contributed by atoms with Crippen LogP contribution in [0, 0.1) is 5.82 Å². The lowest BCUT2D eigenvalue weighted by Gasteiger charge is -2.14. The topological polar surface area (TPSA) is 82.0 Å². The van der Waals surface area contributed by atoms with Gasteiger partial charge in [-0.05, 0) is 54.4 Å². The van der Waals surface area contributed by atoms with Crippen LogP contribution in [-0.2, 0) is 11.4 Å². The van der Waals surface area contributed by atoms with E-state index in [4.69, 9.17) is 25.8 Å². The number of nitrogens with zero attached hydrogens (tertiary/aromatic N) is 2. The average Bonchev–Trinajstić information content (AvgIpc) is 2.88. The van der Waals surface area contributed by atoms with Crippen LogP contribution >= 0.6 is 11.6 Å². The molecule has 0 atom stereocenters. The molecule has 7 nitrogen and oxygen atoms in total. The van der Waals surface area contributed by atoms with Gasteiger partial charge in [-0.3, -0.25) is 9.78 Å². The highest BCUT2D eigenvalue weighted by atomic mass is 35.5. The van der Waals surface area contributed by atoms with Crippen LogP contribution in [0.1, 0.15) is 18.1 Å². The Morgan fingerprint density at radius 3 is 2.67 bits per heavy atom. The third-order valence-electron chi connectivity index (χ3n) is 4.99. The van der Waals surface area contributed by atoms with Crippen molar-refractivity contribution in [1.29, 1.82) is 0 Å². The number of nitrogens with one attached hydrogen (secondary N) is 1. The number of hydrazone groups is 1. The first-order chi connectivity index (χ1) is 17.5. The number of halogens is 2. The van der Waals surface area contributed by atoms with E-state index in [1.165, 1.54) is 18.3 Å². The molecule has 0 aliphatic carbocycles. The Morgan fingerprint density at radius 1 is 1.06 bits per heavy atom. The summed E-state index contributed by atoms with van der Waals surface area (Å²) in [4.78, 5) is 16.5. The number of carbonyl (C=O) groups is 1. The molecule has 0 radical (unpaired) electrons. The molecule has 4 aromatic rings. The van der Waals surface area contributed by atoms with Crippen LogP contribution in [0.5, 0.6) is 17.2 Å². The normalized spacial score (nSPS) is 11.0. The van der Waals surface area contributed by atoms with Crippen LogP contribution in [0.2, 0.25) is 5.02 Å². The summed E-state index contributed by atoms with van der Waals surface area (Å²) in [6, 6.07) is 18.6. The number of carbonyl (C=O) groups excluding carboxylic acids is 1. The first-order valence-electron chi connectivity index (χ1n) is 11.2. The first-order valence-corrected chi connectivity index (χ1v) is 11.5. The number of hydrogen-bond donors (Lipinski definition) is 1. The SMILES string of the molecule is CCOc1cc(/C=N/NC(=O)COc2cccc3cccnc23)cc(Cl)c1OCc1ccc(F)cc1. The summed E-state index contributed by atoms with van der Waals surface area (Å²) in [6.07, 6.45) is 3.11. The lowest BCUT2D eigenvalue weighted by atomic mass is 10.2. The Labute approximate surface area is 212 Å². The van der Waals surface area contributed by atoms with Crippen LogP contribution < -0.4 is 19.6 Å². The fourth-order valence-corrected chi connectivity index (χ4v) is 3.62. The molecule has 0 saturated carbocycles. The van der Waals surface area contributed by atoms with E-state index in [1.54, 1.807) is 36.5 Å². The number of rotatable bonds is 10. The second-order valence-corrected chi connectivity index (χ2v) is 8.00. The van der Waals surface area contributed by atoms with Gasteiger partial charge in [0.1, 0.15) is 23.7 Å². The highest BCUT2D eigenvalue weighted by Gasteiger charge is 2.13. The van der Waals surface area contributed by atoms with Crippen molar-refractivity contribution in [2.45, 2.75) is 13.5 Å². The number of fused-ring (bicyclic) bond motifs is 1. The zero-order valence-corrected chi connectivity index (χ0v) is 20.2. The highest BCUT2D eigenvalue weighted by Crippen LogP contribution is 2.37. The van der Waals surface area contributed by atoms with Gasteiger partial charge >= 0.3 is 0 Å². The van der Waals surface area contributed by atoms with Crippen LogP contribution in [0.3, 0.4) is 0 Å². The number of benzene rings is 3. The summed E-state index contributed by atoms with van der Waals surface area (Å²) in [6.45, 7) is 2.19. The molecule has 0 spiro atoms. The first kappa shape index (κ1) is 24.9. The van der Waals surface area contributed by atoms with Crippen molar-refractivity contribution >= 4 is 34.6 Å². The molecule has 0 fully saturated rings. The summed E-state index contributed by atoms with van der Waals surface area (Å²) >= 11 is 6.43. The number of ether oxygens (including phenoxy) is 3. The molecular formula is C27H23ClFN3O4. The minimum atomic E-state index is -0.436. The molecule has 1 heterocycles. The predicted molar refractivity (Wildman–Crippen MR) is 136 cm³/mol. The smallest absolute Gasteiger partial charge is 0.277 e. The van der Waals surface area contributed by atoms with E-state index in [1.807, 2.05) is 31.2 Å². The van der Waals surface area contributed by atoms with E-state index >= 15 is 0 Å². The van der Waals surface area contributed by atoms with Crippen molar-refractivity contribution in [2.75, 3.05) is 13.2 Å². The standard InChI is InChI=1S/C27H23ClFN3O4/c1-2-34-24-14-19(13-22(28)27(24)36-16-18-8-10-21(29)11-9-18)15-31-32-25(33)17-35-23-7-3-5-20-6-4-12-30-26(20)23/h3-15H,2,16-17H2,1H3,(H,32,33)/b31-15+. The van der Waals surface area contributed by atoms with Gasteiger partial charge in [0, 0.05) is 11.6 Å². The summed E-state index contributed by atoms with van der Waals surface area (Å²) in [5.41, 5.74) is 4.48. The number of amides is 1. The van der Waals surface area contributed by atoms with Crippen molar-refractivity contribution in [3.8, 4) is 17.2 Å². The fourth-order valence-electron chi connectivity index (χ4n) is 3.35. The number of hydrogen-bond acceptors (Lipinski definition) is 6. The van der Waals surface area contributed by atoms with Crippen molar-refractivity contribution in [2.24, 2.45) is 5.10 Å². The second-order valence-electron chi connectivity index (χ2n) is 7.59. The molecule has 0 aliphatic heterocycles. The van der Waals surface area contributed by atoms with Gasteiger partial charge in [0.2, 0.25) is 0 Å². The quantitative estimate of drug-likeness (QED) is 0.225. The van der Waals surface area contributed by atoms with Gasteiger partial charge in [-0.15, -0.1) is 0 Å². The molecule has 36 heavy (non-hydrogen) atoms. The number of para-hydroxylation sites is 1. The van der Waals surface area contributed by atoms with Gasteiger partial charge in [-0.25, -0.2) is 9.82 Å². The van der Waals surface area contributed by atoms with E-state index in [0.29, 0.717) is 40.0 Å². The third kappa shape index (κ3) is 6.49. The van der Waals surface area contributed by atoms with Gasteiger partial charge in [0.25, 0.3) is 5.91 Å². The molecule has 1 amide bonds. The van der Waals surface area contributed by atoms with Gasteiger partial charge in [0.05, 0.1) is 17.8 Å². The third-order valence-corrected chi connectivity index (χ3v) is 5.27. The van der Waals surface area contributed by atoms with Crippen molar-refractivity contribution in [3.63, 3.8) is 0 Å². The molecule has 184 valence electrons. The molecule has 3 aromatic carbocycles. The zero-order valence-electron chi connectivity index (χ0n) is 19.4. The van der Waals surface area contributed by atoms with Crippen molar-refractivity contribution in [3.05, 3.63) is 94.9 Å². The minimum Gasteiger partial charge on any atom is -0.490 e. The zero-order chi connectivity index (χ0) is 25.3. The average molecular weight is 508 g/mol. The molecule has 0 saturated heterocycles. The van der Waals surface area contributed by atoms with Crippen LogP contribution in [0.4, 0.5) is 4.39 Å². The predicted octanol–water partition coefficient (Wildman–Crippen LogP) is 5.53. The molecule has 9 heteroatoms. The maximum absolute atomic E-state index is 13.1. The van der Waals surface area contributed by atoms with Gasteiger partial charge in [-0.1, -0.05) is 41.9 Å². The maximum atomic E-state index is 13.1. The molecular weight excluding hydrogens is 485 g/mol.